The van der Waals surface area contributed by atoms with E-state index in [-0.39, 0.29) is 48.0 Å². The SMILES string of the molecule is CNC(=O)[C@@H](NC(=O)[C@H](CSCc1ccc(-c2ccccc2)cc1)NC(=O)[C@H](CCCN1C(=O)c2ccccc2C1=O)SC(C)=O)C(C)(C)C. The number of benzene rings is 3. The number of imide groups is 1. The maximum atomic E-state index is 13.7. The number of carbonyl (C=O) groups is 6. The van der Waals surface area contributed by atoms with E-state index in [2.05, 4.69) is 16.0 Å². The molecule has 12 heteroatoms. The first-order chi connectivity index (χ1) is 23.8. The van der Waals surface area contributed by atoms with Crippen LogP contribution in [0.5, 0.6) is 0 Å². The van der Waals surface area contributed by atoms with Crippen LogP contribution in [0.4, 0.5) is 0 Å². The summed E-state index contributed by atoms with van der Waals surface area (Å²) in [7, 11) is 1.50. The summed E-state index contributed by atoms with van der Waals surface area (Å²) in [5.41, 5.74) is 3.30. The summed E-state index contributed by atoms with van der Waals surface area (Å²) in [6.45, 7) is 6.94. The Morgan fingerprint density at radius 3 is 1.90 bits per heavy atom. The second kappa shape index (κ2) is 17.5. The van der Waals surface area contributed by atoms with Gasteiger partial charge in [0, 0.05) is 32.0 Å². The largest absolute Gasteiger partial charge is 0.357 e. The van der Waals surface area contributed by atoms with Crippen LogP contribution in [0.2, 0.25) is 0 Å². The summed E-state index contributed by atoms with van der Waals surface area (Å²) in [4.78, 5) is 79.2. The summed E-state index contributed by atoms with van der Waals surface area (Å²) < 4.78 is 0. The van der Waals surface area contributed by atoms with Gasteiger partial charge in [0.2, 0.25) is 17.7 Å². The van der Waals surface area contributed by atoms with E-state index in [1.807, 2.05) is 75.4 Å². The van der Waals surface area contributed by atoms with Crippen LogP contribution in [0.1, 0.15) is 66.8 Å². The molecule has 1 aliphatic rings. The van der Waals surface area contributed by atoms with Gasteiger partial charge in [0.25, 0.3) is 11.8 Å². The minimum atomic E-state index is -1.02. The van der Waals surface area contributed by atoms with Gasteiger partial charge in [0.05, 0.1) is 16.4 Å². The molecule has 1 aliphatic heterocycles. The minimum Gasteiger partial charge on any atom is -0.357 e. The summed E-state index contributed by atoms with van der Waals surface area (Å²) in [5.74, 6) is -1.41. The molecule has 0 unspecified atom stereocenters. The lowest BCUT2D eigenvalue weighted by atomic mass is 9.86. The van der Waals surface area contributed by atoms with Gasteiger partial charge in [0.1, 0.15) is 12.1 Å². The zero-order valence-electron chi connectivity index (χ0n) is 29.0. The third kappa shape index (κ3) is 10.1. The maximum absolute atomic E-state index is 13.7. The first-order valence-electron chi connectivity index (χ1n) is 16.5. The first kappa shape index (κ1) is 38.4. The molecule has 0 radical (unpaired) electrons. The van der Waals surface area contributed by atoms with Crippen molar-refractivity contribution in [2.45, 2.75) is 63.6 Å². The van der Waals surface area contributed by atoms with E-state index in [0.717, 1.165) is 33.4 Å². The molecule has 0 aromatic heterocycles. The molecule has 1 heterocycles. The van der Waals surface area contributed by atoms with Gasteiger partial charge in [-0.25, -0.2) is 0 Å². The van der Waals surface area contributed by atoms with Crippen LogP contribution in [0.15, 0.2) is 78.9 Å². The van der Waals surface area contributed by atoms with Gasteiger partial charge in [-0.15, -0.1) is 0 Å². The summed E-state index contributed by atoms with van der Waals surface area (Å²) >= 11 is 2.30. The lowest BCUT2D eigenvalue weighted by Crippen LogP contribution is -2.58. The maximum Gasteiger partial charge on any atom is 0.261 e. The first-order valence-corrected chi connectivity index (χ1v) is 18.5. The molecule has 50 heavy (non-hydrogen) atoms. The Labute approximate surface area is 301 Å². The van der Waals surface area contributed by atoms with E-state index < -0.39 is 34.6 Å². The molecule has 0 saturated heterocycles. The van der Waals surface area contributed by atoms with E-state index in [4.69, 9.17) is 0 Å². The molecule has 0 fully saturated rings. The summed E-state index contributed by atoms with van der Waals surface area (Å²) in [5, 5.41) is 7.11. The van der Waals surface area contributed by atoms with Crippen molar-refractivity contribution in [2.75, 3.05) is 19.3 Å². The van der Waals surface area contributed by atoms with Crippen LogP contribution in [0, 0.1) is 5.41 Å². The predicted molar refractivity (Wildman–Crippen MR) is 199 cm³/mol. The van der Waals surface area contributed by atoms with Crippen LogP contribution in [-0.4, -0.2) is 76.2 Å². The topological polar surface area (TPSA) is 142 Å². The molecule has 0 spiro atoms. The number of rotatable bonds is 15. The zero-order chi connectivity index (χ0) is 36.4. The molecule has 3 N–H and O–H groups in total. The minimum absolute atomic E-state index is 0.0802. The molecule has 3 atom stereocenters. The smallest absolute Gasteiger partial charge is 0.261 e. The van der Waals surface area contributed by atoms with Gasteiger partial charge in [-0.2, -0.15) is 11.8 Å². The second-order valence-electron chi connectivity index (χ2n) is 13.1. The van der Waals surface area contributed by atoms with Crippen molar-refractivity contribution in [3.63, 3.8) is 0 Å². The van der Waals surface area contributed by atoms with Gasteiger partial charge >= 0.3 is 0 Å². The fraction of sp³-hybridized carbons (Fsp3) is 0.368. The van der Waals surface area contributed by atoms with E-state index in [1.165, 1.54) is 25.7 Å². The normalized spacial score (nSPS) is 14.4. The number of fused-ring (bicyclic) bond motifs is 1. The number of amides is 5. The van der Waals surface area contributed by atoms with Gasteiger partial charge in [-0.3, -0.25) is 33.7 Å². The number of likely N-dealkylation sites (N-methyl/N-ethyl adjacent to an activating group) is 1. The van der Waals surface area contributed by atoms with Gasteiger partial charge < -0.3 is 16.0 Å². The zero-order valence-corrected chi connectivity index (χ0v) is 30.6. The van der Waals surface area contributed by atoms with Crippen molar-refractivity contribution < 1.29 is 28.8 Å². The van der Waals surface area contributed by atoms with Crippen molar-refractivity contribution in [3.05, 3.63) is 95.6 Å². The van der Waals surface area contributed by atoms with Crippen molar-refractivity contribution in [3.8, 4) is 11.1 Å². The lowest BCUT2D eigenvalue weighted by Gasteiger charge is -2.31. The molecule has 264 valence electrons. The van der Waals surface area contributed by atoms with Gasteiger partial charge in [-0.05, 0) is 47.1 Å². The molecular weight excluding hydrogens is 673 g/mol. The highest BCUT2D eigenvalue weighted by Crippen LogP contribution is 2.26. The number of hydrogen-bond donors (Lipinski definition) is 3. The van der Waals surface area contributed by atoms with Crippen LogP contribution in [0.3, 0.4) is 0 Å². The fourth-order valence-corrected chi connectivity index (χ4v) is 7.43. The number of thioether (sulfide) groups is 2. The molecular formula is C38H44N4O6S2. The number of nitrogens with one attached hydrogen (secondary N) is 3. The Hall–Kier alpha value is -4.42. The molecule has 0 bridgehead atoms. The van der Waals surface area contributed by atoms with Crippen molar-refractivity contribution in [1.82, 2.24) is 20.9 Å². The van der Waals surface area contributed by atoms with E-state index in [1.54, 1.807) is 24.3 Å². The average Bonchev–Trinajstić information content (AvgIpc) is 3.34. The standard InChI is InChI=1S/C38H44N4O6S2/c1-24(43)50-31(16-11-21-42-36(47)28-14-9-10-15-29(28)37(42)48)34(45)40-30(33(44)41-32(35(46)39-5)38(2,3)4)23-49-22-25-17-19-27(20-18-25)26-12-7-6-8-13-26/h6-10,12-15,17-20,30-32H,11,16,21-23H2,1-5H3,(H,39,46)(H,40,45)(H,41,44)/t30-,31-,32+/m0/s1. The van der Waals surface area contributed by atoms with Crippen LogP contribution in [-0.2, 0) is 24.9 Å². The average molecular weight is 717 g/mol. The van der Waals surface area contributed by atoms with Gasteiger partial charge in [0.15, 0.2) is 5.12 Å². The van der Waals surface area contributed by atoms with Crippen LogP contribution < -0.4 is 16.0 Å². The van der Waals surface area contributed by atoms with Gasteiger partial charge in [-0.1, -0.05) is 99.3 Å². The third-order valence-electron chi connectivity index (χ3n) is 8.24. The predicted octanol–water partition coefficient (Wildman–Crippen LogP) is 5.07. The Balaban J connectivity index is 1.45. The molecule has 3 aromatic rings. The Bertz CT molecular complexity index is 1670. The number of nitrogens with zero attached hydrogens (tertiary/aromatic N) is 1. The van der Waals surface area contributed by atoms with Crippen molar-refractivity contribution >= 4 is 58.2 Å². The summed E-state index contributed by atoms with van der Waals surface area (Å²) in [6.07, 6.45) is 0.457. The Morgan fingerprint density at radius 1 is 0.760 bits per heavy atom. The Morgan fingerprint density at radius 2 is 1.34 bits per heavy atom. The third-order valence-corrected chi connectivity index (χ3v) is 10.4. The molecule has 0 aliphatic carbocycles. The number of hydrogen-bond acceptors (Lipinski definition) is 8. The molecule has 5 amide bonds. The monoisotopic (exact) mass is 716 g/mol. The van der Waals surface area contributed by atoms with E-state index in [9.17, 15) is 28.8 Å². The Kier molecular flexibility index (Phi) is 13.4. The van der Waals surface area contributed by atoms with E-state index in [0.29, 0.717) is 16.9 Å². The summed E-state index contributed by atoms with van der Waals surface area (Å²) in [6, 6.07) is 22.9. The van der Waals surface area contributed by atoms with E-state index >= 15 is 0 Å². The molecule has 4 rings (SSSR count). The quantitative estimate of drug-likeness (QED) is 0.185. The van der Waals surface area contributed by atoms with Crippen LogP contribution in [0.25, 0.3) is 11.1 Å². The highest BCUT2D eigenvalue weighted by Gasteiger charge is 2.37. The fourth-order valence-electron chi connectivity index (χ4n) is 5.55. The highest BCUT2D eigenvalue weighted by molar-refractivity contribution is 8.14. The lowest BCUT2D eigenvalue weighted by molar-refractivity contribution is -0.133. The van der Waals surface area contributed by atoms with Crippen LogP contribution >= 0.6 is 23.5 Å². The number of carbonyl (C=O) groups excluding carboxylic acids is 6. The molecule has 3 aromatic carbocycles. The molecule has 0 saturated carbocycles. The second-order valence-corrected chi connectivity index (χ2v) is 15.5. The molecule has 10 nitrogen and oxygen atoms in total. The highest BCUT2D eigenvalue weighted by atomic mass is 32.2. The van der Waals surface area contributed by atoms with Crippen molar-refractivity contribution in [1.29, 1.82) is 0 Å². The van der Waals surface area contributed by atoms with Crippen molar-refractivity contribution in [2.24, 2.45) is 5.41 Å².